The van der Waals surface area contributed by atoms with Gasteiger partial charge >= 0.3 is 0 Å². The van der Waals surface area contributed by atoms with Crippen molar-refractivity contribution >= 4 is 0 Å². The summed E-state index contributed by atoms with van der Waals surface area (Å²) in [5.41, 5.74) is 3.81. The predicted octanol–water partition coefficient (Wildman–Crippen LogP) is 2.83. The van der Waals surface area contributed by atoms with E-state index < -0.39 is 0 Å². The Bertz CT molecular complexity index is 468. The Kier molecular flexibility index (Phi) is 4.94. The van der Waals surface area contributed by atoms with Gasteiger partial charge in [0.15, 0.2) is 0 Å². The lowest BCUT2D eigenvalue weighted by Crippen LogP contribution is -2.16. The maximum Gasteiger partial charge on any atom is 0.0443 e. The summed E-state index contributed by atoms with van der Waals surface area (Å²) in [4.78, 5) is 0. The number of benzene rings is 2. The minimum absolute atomic E-state index is 0.243. The highest BCUT2D eigenvalue weighted by molar-refractivity contribution is 5.67. The zero-order valence-electron chi connectivity index (χ0n) is 10.5. The van der Waals surface area contributed by atoms with E-state index in [0.29, 0.717) is 0 Å². The van der Waals surface area contributed by atoms with Crippen LogP contribution in [0, 0.1) is 0 Å². The fourth-order valence-electron chi connectivity index (χ4n) is 2.00. The van der Waals surface area contributed by atoms with Crippen molar-refractivity contribution in [1.29, 1.82) is 0 Å². The van der Waals surface area contributed by atoms with Crippen LogP contribution in [0.2, 0.25) is 0 Å². The van der Waals surface area contributed by atoms with Crippen molar-refractivity contribution in [3.63, 3.8) is 0 Å². The molecule has 2 aromatic carbocycles. The van der Waals surface area contributed by atoms with Gasteiger partial charge in [-0.05, 0) is 29.7 Å². The molecule has 0 spiro atoms. The van der Waals surface area contributed by atoms with Crippen molar-refractivity contribution in [2.45, 2.75) is 13.0 Å². The molecular weight excluding hydrogens is 222 g/mol. The van der Waals surface area contributed by atoms with Gasteiger partial charge in [0.1, 0.15) is 0 Å². The van der Waals surface area contributed by atoms with Gasteiger partial charge in [-0.3, -0.25) is 0 Å². The summed E-state index contributed by atoms with van der Waals surface area (Å²) in [6.45, 7) is 1.93. The van der Waals surface area contributed by atoms with Gasteiger partial charge in [-0.15, -0.1) is 0 Å². The standard InChI is InChI=1S/C16H19NO/c18-12-6-11-17-13-15-9-4-5-10-16(15)14-7-2-1-3-8-14/h1-5,7-10,17-18H,6,11-13H2. The quantitative estimate of drug-likeness (QED) is 0.762. The normalized spacial score (nSPS) is 10.5. The van der Waals surface area contributed by atoms with Gasteiger partial charge in [0.25, 0.3) is 0 Å². The van der Waals surface area contributed by atoms with Crippen molar-refractivity contribution in [3.8, 4) is 11.1 Å². The largest absolute Gasteiger partial charge is 0.396 e. The van der Waals surface area contributed by atoms with Crippen LogP contribution in [0.1, 0.15) is 12.0 Å². The first-order valence-electron chi connectivity index (χ1n) is 6.36. The molecule has 0 fully saturated rings. The number of rotatable bonds is 6. The van der Waals surface area contributed by atoms with Crippen molar-refractivity contribution in [2.24, 2.45) is 0 Å². The maximum absolute atomic E-state index is 8.76. The first-order valence-corrected chi connectivity index (χ1v) is 6.36. The van der Waals surface area contributed by atoms with Crippen molar-refractivity contribution < 1.29 is 5.11 Å². The molecule has 2 aromatic rings. The summed E-state index contributed by atoms with van der Waals surface area (Å²) in [6.07, 6.45) is 0.799. The van der Waals surface area contributed by atoms with Crippen LogP contribution in [-0.4, -0.2) is 18.3 Å². The predicted molar refractivity (Wildman–Crippen MR) is 75.3 cm³/mol. The lowest BCUT2D eigenvalue weighted by molar-refractivity contribution is 0.286. The molecule has 0 aliphatic heterocycles. The van der Waals surface area contributed by atoms with E-state index in [1.807, 2.05) is 6.07 Å². The van der Waals surface area contributed by atoms with Crippen LogP contribution < -0.4 is 5.32 Å². The second-order valence-corrected chi connectivity index (χ2v) is 4.28. The molecule has 2 N–H and O–H groups in total. The highest BCUT2D eigenvalue weighted by atomic mass is 16.3. The fraction of sp³-hybridized carbons (Fsp3) is 0.250. The number of aliphatic hydroxyl groups excluding tert-OH is 1. The molecule has 0 atom stereocenters. The molecule has 0 bridgehead atoms. The van der Waals surface area contributed by atoms with Gasteiger partial charge in [-0.1, -0.05) is 54.6 Å². The van der Waals surface area contributed by atoms with Crippen LogP contribution in [0.5, 0.6) is 0 Å². The van der Waals surface area contributed by atoms with E-state index in [0.717, 1.165) is 19.5 Å². The average molecular weight is 241 g/mol. The van der Waals surface area contributed by atoms with E-state index in [1.54, 1.807) is 0 Å². The number of aliphatic hydroxyl groups is 1. The van der Waals surface area contributed by atoms with E-state index in [1.165, 1.54) is 16.7 Å². The van der Waals surface area contributed by atoms with Crippen molar-refractivity contribution in [3.05, 3.63) is 60.2 Å². The van der Waals surface area contributed by atoms with Crippen LogP contribution in [0.15, 0.2) is 54.6 Å². The second kappa shape index (κ2) is 6.94. The summed E-state index contributed by atoms with van der Waals surface area (Å²) in [6, 6.07) is 18.9. The molecular formula is C16H19NO. The van der Waals surface area contributed by atoms with Gasteiger partial charge in [0.05, 0.1) is 0 Å². The fourth-order valence-corrected chi connectivity index (χ4v) is 2.00. The van der Waals surface area contributed by atoms with Crippen LogP contribution in [0.4, 0.5) is 0 Å². The topological polar surface area (TPSA) is 32.3 Å². The summed E-state index contributed by atoms with van der Waals surface area (Å²) in [5.74, 6) is 0. The van der Waals surface area contributed by atoms with E-state index in [9.17, 15) is 0 Å². The third kappa shape index (κ3) is 3.42. The Morgan fingerprint density at radius 2 is 1.61 bits per heavy atom. The second-order valence-electron chi connectivity index (χ2n) is 4.28. The first-order chi connectivity index (χ1) is 8.92. The van der Waals surface area contributed by atoms with Gasteiger partial charge in [0.2, 0.25) is 0 Å². The minimum atomic E-state index is 0.243. The first kappa shape index (κ1) is 12.8. The average Bonchev–Trinajstić information content (AvgIpc) is 2.45. The Balaban J connectivity index is 2.11. The van der Waals surface area contributed by atoms with Gasteiger partial charge in [0, 0.05) is 13.2 Å². The smallest absolute Gasteiger partial charge is 0.0443 e. The molecule has 0 aromatic heterocycles. The molecule has 0 radical (unpaired) electrons. The molecule has 0 saturated carbocycles. The van der Waals surface area contributed by atoms with Gasteiger partial charge in [-0.2, -0.15) is 0 Å². The summed E-state index contributed by atoms with van der Waals surface area (Å²) in [5, 5.41) is 12.1. The molecule has 2 heteroatoms. The molecule has 94 valence electrons. The van der Waals surface area contributed by atoms with E-state index >= 15 is 0 Å². The zero-order chi connectivity index (χ0) is 12.6. The maximum atomic E-state index is 8.76. The molecule has 0 saturated heterocycles. The van der Waals surface area contributed by atoms with Gasteiger partial charge in [-0.25, -0.2) is 0 Å². The lowest BCUT2D eigenvalue weighted by Gasteiger charge is -2.10. The van der Waals surface area contributed by atoms with E-state index in [2.05, 4.69) is 53.8 Å². The Labute approximate surface area is 108 Å². The molecule has 0 aliphatic rings. The van der Waals surface area contributed by atoms with Crippen molar-refractivity contribution in [1.82, 2.24) is 5.32 Å². The summed E-state index contributed by atoms with van der Waals surface area (Å²) in [7, 11) is 0. The highest BCUT2D eigenvalue weighted by Gasteiger charge is 2.03. The number of hydrogen-bond donors (Lipinski definition) is 2. The molecule has 0 heterocycles. The van der Waals surface area contributed by atoms with E-state index in [4.69, 9.17) is 5.11 Å². The monoisotopic (exact) mass is 241 g/mol. The molecule has 2 rings (SSSR count). The van der Waals surface area contributed by atoms with Crippen LogP contribution >= 0.6 is 0 Å². The van der Waals surface area contributed by atoms with E-state index in [-0.39, 0.29) is 6.61 Å². The van der Waals surface area contributed by atoms with Crippen LogP contribution in [0.25, 0.3) is 11.1 Å². The Morgan fingerprint density at radius 1 is 0.889 bits per heavy atom. The summed E-state index contributed by atoms with van der Waals surface area (Å²) >= 11 is 0. The SMILES string of the molecule is OCCCNCc1ccccc1-c1ccccc1. The number of hydrogen-bond acceptors (Lipinski definition) is 2. The Hall–Kier alpha value is -1.64. The van der Waals surface area contributed by atoms with Crippen LogP contribution in [-0.2, 0) is 6.54 Å². The molecule has 2 nitrogen and oxygen atoms in total. The zero-order valence-corrected chi connectivity index (χ0v) is 10.5. The number of nitrogens with one attached hydrogen (secondary N) is 1. The molecule has 18 heavy (non-hydrogen) atoms. The molecule has 0 amide bonds. The highest BCUT2D eigenvalue weighted by Crippen LogP contribution is 2.23. The third-order valence-corrected chi connectivity index (χ3v) is 2.93. The molecule has 0 aliphatic carbocycles. The minimum Gasteiger partial charge on any atom is -0.396 e. The lowest BCUT2D eigenvalue weighted by atomic mass is 10.00. The Morgan fingerprint density at radius 3 is 2.39 bits per heavy atom. The van der Waals surface area contributed by atoms with Gasteiger partial charge < -0.3 is 10.4 Å². The van der Waals surface area contributed by atoms with Crippen molar-refractivity contribution in [2.75, 3.05) is 13.2 Å². The summed E-state index contributed by atoms with van der Waals surface area (Å²) < 4.78 is 0. The molecule has 0 unspecified atom stereocenters. The third-order valence-electron chi connectivity index (χ3n) is 2.93. The van der Waals surface area contributed by atoms with Crippen LogP contribution in [0.3, 0.4) is 0 Å².